The number of aryl methyl sites for hydroxylation is 3. The van der Waals surface area contributed by atoms with Gasteiger partial charge in [-0.05, 0) is 140 Å². The summed E-state index contributed by atoms with van der Waals surface area (Å²) in [7, 11) is 0. The summed E-state index contributed by atoms with van der Waals surface area (Å²) in [5.74, 6) is 1.44. The van der Waals surface area contributed by atoms with Crippen LogP contribution in [0.2, 0.25) is 0 Å². The van der Waals surface area contributed by atoms with Gasteiger partial charge in [-0.15, -0.1) is 0 Å². The Balaban J connectivity index is 2.36. The summed E-state index contributed by atoms with van der Waals surface area (Å²) in [5.41, 5.74) is 18.4. The van der Waals surface area contributed by atoms with Gasteiger partial charge in [-0.2, -0.15) is 0 Å². The number of fused-ring (bicyclic) bond motifs is 5. The summed E-state index contributed by atoms with van der Waals surface area (Å²) in [6, 6.07) is 0. The summed E-state index contributed by atoms with van der Waals surface area (Å²) >= 11 is 2.04. The molecule has 1 nitrogen and oxygen atoms in total. The van der Waals surface area contributed by atoms with Gasteiger partial charge in [0.15, 0.2) is 23.0 Å². The highest BCUT2D eigenvalue weighted by Crippen LogP contribution is 2.56. The van der Waals surface area contributed by atoms with Crippen molar-refractivity contribution in [2.24, 2.45) is 0 Å². The van der Waals surface area contributed by atoms with Gasteiger partial charge in [0.1, 0.15) is 5.75 Å². The molecule has 1 aliphatic rings. The van der Waals surface area contributed by atoms with Crippen LogP contribution in [0.25, 0.3) is 21.9 Å². The Morgan fingerprint density at radius 2 is 0.966 bits per heavy atom. The fourth-order valence-corrected chi connectivity index (χ4v) is 6.55. The molecule has 0 spiro atoms. The quantitative estimate of drug-likeness (QED) is 0.306. The minimum Gasteiger partial charge on any atom is -0.427 e. The summed E-state index contributed by atoms with van der Waals surface area (Å²) in [6.45, 7) is 22.9. The standard InChI is InChI=1S/C27H31IO/c1-11-12(2)14(4)24-21(13(11)3)15(5)16(6)23-19(9)22-17(7)18(8)27(29-28)20(10)25(22)26(23)24/h19H,1-10H3. The van der Waals surface area contributed by atoms with Crippen molar-refractivity contribution in [2.75, 3.05) is 0 Å². The maximum atomic E-state index is 5.86. The minimum absolute atomic E-state index is 0.407. The first kappa shape index (κ1) is 20.7. The lowest BCUT2D eigenvalue weighted by Gasteiger charge is -2.23. The van der Waals surface area contributed by atoms with E-state index in [0.29, 0.717) is 5.92 Å². The van der Waals surface area contributed by atoms with Crippen LogP contribution in [0.3, 0.4) is 0 Å². The Labute approximate surface area is 189 Å². The Morgan fingerprint density at radius 1 is 0.517 bits per heavy atom. The maximum Gasteiger partial charge on any atom is 0.192 e. The van der Waals surface area contributed by atoms with Crippen molar-refractivity contribution in [2.45, 2.75) is 75.2 Å². The number of rotatable bonds is 1. The zero-order chi connectivity index (χ0) is 21.5. The molecule has 0 heterocycles. The second kappa shape index (κ2) is 6.73. The molecule has 1 atom stereocenters. The third-order valence-electron chi connectivity index (χ3n) is 8.03. The molecule has 0 radical (unpaired) electrons. The molecule has 1 unspecified atom stereocenters. The second-order valence-corrected chi connectivity index (χ2v) is 9.52. The molecule has 152 valence electrons. The highest BCUT2D eigenvalue weighted by atomic mass is 127. The smallest absolute Gasteiger partial charge is 0.192 e. The van der Waals surface area contributed by atoms with E-state index in [2.05, 4.69) is 69.2 Å². The molecule has 1 aliphatic carbocycles. The fourth-order valence-electron chi connectivity index (χ4n) is 5.89. The SMILES string of the molecule is Cc1c(C)c2c(c(C)c1OI)-c1c(c(C)c(C)c3c(C)c(C)c(C)c(C)c13)C2C. The van der Waals surface area contributed by atoms with Gasteiger partial charge in [0.05, 0.1) is 0 Å². The topological polar surface area (TPSA) is 9.23 Å². The van der Waals surface area contributed by atoms with Crippen LogP contribution in [0.1, 0.15) is 74.0 Å². The van der Waals surface area contributed by atoms with E-state index in [0.717, 1.165) is 5.75 Å². The third kappa shape index (κ3) is 2.44. The molecule has 29 heavy (non-hydrogen) atoms. The summed E-state index contributed by atoms with van der Waals surface area (Å²) in [5, 5.41) is 2.91. The summed E-state index contributed by atoms with van der Waals surface area (Å²) in [4.78, 5) is 0. The van der Waals surface area contributed by atoms with E-state index in [1.807, 2.05) is 23.0 Å². The van der Waals surface area contributed by atoms with Crippen molar-refractivity contribution in [3.05, 3.63) is 61.2 Å². The highest BCUT2D eigenvalue weighted by Gasteiger charge is 2.35. The Morgan fingerprint density at radius 3 is 1.52 bits per heavy atom. The van der Waals surface area contributed by atoms with E-state index in [9.17, 15) is 0 Å². The van der Waals surface area contributed by atoms with Crippen molar-refractivity contribution < 1.29 is 3.07 Å². The van der Waals surface area contributed by atoms with Gasteiger partial charge < -0.3 is 3.07 Å². The molecule has 0 aromatic heterocycles. The number of hydrogen-bond donors (Lipinski definition) is 0. The fraction of sp³-hybridized carbons (Fsp3) is 0.407. The average Bonchev–Trinajstić information content (AvgIpc) is 2.99. The predicted molar refractivity (Wildman–Crippen MR) is 134 cm³/mol. The van der Waals surface area contributed by atoms with Crippen LogP contribution in [-0.2, 0) is 0 Å². The van der Waals surface area contributed by atoms with Crippen LogP contribution >= 0.6 is 23.0 Å². The van der Waals surface area contributed by atoms with E-state index in [1.54, 1.807) is 0 Å². The molecule has 0 saturated heterocycles. The van der Waals surface area contributed by atoms with E-state index in [4.69, 9.17) is 3.07 Å². The van der Waals surface area contributed by atoms with Gasteiger partial charge in [0, 0.05) is 11.5 Å². The molecule has 0 aliphatic heterocycles. The summed E-state index contributed by atoms with van der Waals surface area (Å²) in [6.07, 6.45) is 0. The maximum absolute atomic E-state index is 5.86. The molecule has 0 bridgehead atoms. The molecule has 2 heteroatoms. The second-order valence-electron chi connectivity index (χ2n) is 9.08. The first-order valence-corrected chi connectivity index (χ1v) is 11.4. The zero-order valence-electron chi connectivity index (χ0n) is 19.4. The van der Waals surface area contributed by atoms with E-state index < -0.39 is 0 Å². The average molecular weight is 498 g/mol. The van der Waals surface area contributed by atoms with Crippen molar-refractivity contribution in [1.82, 2.24) is 0 Å². The van der Waals surface area contributed by atoms with E-state index >= 15 is 0 Å². The van der Waals surface area contributed by atoms with Crippen LogP contribution in [0, 0.1) is 62.3 Å². The largest absolute Gasteiger partial charge is 0.427 e. The van der Waals surface area contributed by atoms with Crippen LogP contribution in [0.5, 0.6) is 5.75 Å². The normalized spacial score (nSPS) is 15.1. The lowest BCUT2D eigenvalue weighted by Crippen LogP contribution is -2.02. The lowest BCUT2D eigenvalue weighted by atomic mass is 9.81. The molecular formula is C27H31IO. The first-order chi connectivity index (χ1) is 13.6. The predicted octanol–water partition coefficient (Wildman–Crippen LogP) is 8.48. The van der Waals surface area contributed by atoms with E-state index in [-0.39, 0.29) is 0 Å². The van der Waals surface area contributed by atoms with Crippen molar-refractivity contribution in [3.8, 4) is 16.9 Å². The van der Waals surface area contributed by atoms with Gasteiger partial charge in [0.25, 0.3) is 0 Å². The third-order valence-corrected chi connectivity index (χ3v) is 8.47. The van der Waals surface area contributed by atoms with Gasteiger partial charge in [-0.25, -0.2) is 0 Å². The molecule has 4 rings (SSSR count). The monoisotopic (exact) mass is 498 g/mol. The Hall–Kier alpha value is -1.55. The van der Waals surface area contributed by atoms with Gasteiger partial charge in [-0.1, -0.05) is 6.92 Å². The molecule has 3 aromatic carbocycles. The van der Waals surface area contributed by atoms with Crippen LogP contribution in [-0.4, -0.2) is 0 Å². The van der Waals surface area contributed by atoms with Crippen LogP contribution in [0.4, 0.5) is 0 Å². The number of hydrogen-bond acceptors (Lipinski definition) is 1. The molecular weight excluding hydrogens is 467 g/mol. The lowest BCUT2D eigenvalue weighted by molar-refractivity contribution is 0.698. The van der Waals surface area contributed by atoms with Gasteiger partial charge in [-0.3, -0.25) is 0 Å². The highest BCUT2D eigenvalue weighted by molar-refractivity contribution is 14.1. The van der Waals surface area contributed by atoms with Gasteiger partial charge in [0.2, 0.25) is 0 Å². The molecule has 0 saturated carbocycles. The minimum atomic E-state index is 0.407. The molecule has 0 N–H and O–H groups in total. The Bertz CT molecular complexity index is 1230. The van der Waals surface area contributed by atoms with Crippen molar-refractivity contribution >= 4 is 33.8 Å². The van der Waals surface area contributed by atoms with Gasteiger partial charge >= 0.3 is 0 Å². The Kier molecular flexibility index (Phi) is 4.81. The zero-order valence-corrected chi connectivity index (χ0v) is 21.5. The van der Waals surface area contributed by atoms with Crippen LogP contribution < -0.4 is 3.07 Å². The number of benzene rings is 3. The molecule has 3 aromatic rings. The molecule has 0 fully saturated rings. The van der Waals surface area contributed by atoms with Crippen LogP contribution in [0.15, 0.2) is 0 Å². The first-order valence-electron chi connectivity index (χ1n) is 10.5. The van der Waals surface area contributed by atoms with Crippen molar-refractivity contribution in [3.63, 3.8) is 0 Å². The van der Waals surface area contributed by atoms with E-state index in [1.165, 1.54) is 83.1 Å². The van der Waals surface area contributed by atoms with Crippen molar-refractivity contribution in [1.29, 1.82) is 0 Å². The summed E-state index contributed by atoms with van der Waals surface area (Å²) < 4.78 is 5.86. The number of halogens is 1. The molecule has 0 amide bonds.